The van der Waals surface area contributed by atoms with Crippen molar-refractivity contribution in [3.8, 4) is 22.8 Å². The molecule has 0 amide bonds. The summed E-state index contributed by atoms with van der Waals surface area (Å²) in [7, 11) is 3.28. The third-order valence-electron chi connectivity index (χ3n) is 8.62. The largest absolute Gasteiger partial charge is 0.496 e. The Morgan fingerprint density at radius 3 is 2.79 bits per heavy atom. The van der Waals surface area contributed by atoms with Gasteiger partial charge in [-0.25, -0.2) is 4.98 Å². The van der Waals surface area contributed by atoms with Crippen LogP contribution >= 0.6 is 11.3 Å². The molecule has 0 radical (unpaired) electrons. The van der Waals surface area contributed by atoms with E-state index in [-0.39, 0.29) is 18.8 Å². The molecular weight excluding hydrogens is 554 g/mol. The summed E-state index contributed by atoms with van der Waals surface area (Å²) in [6.07, 6.45) is 1.96. The average Bonchev–Trinajstić information content (AvgIpc) is 3.50. The van der Waals surface area contributed by atoms with Gasteiger partial charge in [0.25, 0.3) is 0 Å². The number of aromatic nitrogens is 1. The Hall–Kier alpha value is -3.18. The van der Waals surface area contributed by atoms with E-state index in [1.807, 2.05) is 30.5 Å². The van der Waals surface area contributed by atoms with Gasteiger partial charge in [0.05, 0.1) is 31.4 Å². The number of rotatable bonds is 11. The van der Waals surface area contributed by atoms with Crippen LogP contribution in [0.1, 0.15) is 42.0 Å². The number of fused-ring (bicyclic) bond motifs is 1. The maximum Gasteiger partial charge on any atom is 0.309 e. The second-order valence-corrected chi connectivity index (χ2v) is 11.9. The summed E-state index contributed by atoms with van der Waals surface area (Å²) in [5.41, 5.74) is 6.30. The van der Waals surface area contributed by atoms with Gasteiger partial charge in [-0.1, -0.05) is 25.1 Å². The zero-order valence-electron chi connectivity index (χ0n) is 24.8. The van der Waals surface area contributed by atoms with Gasteiger partial charge in [0.1, 0.15) is 18.1 Å². The van der Waals surface area contributed by atoms with Crippen molar-refractivity contribution in [1.82, 2.24) is 9.88 Å². The Bertz CT molecular complexity index is 1370. The number of piperidine rings is 1. The summed E-state index contributed by atoms with van der Waals surface area (Å²) in [5.74, 6) is 0.342. The van der Waals surface area contributed by atoms with Crippen molar-refractivity contribution in [3.05, 3.63) is 58.0 Å². The monoisotopic (exact) mass is 595 g/mol. The summed E-state index contributed by atoms with van der Waals surface area (Å²) in [4.78, 5) is 21.0. The number of aliphatic hydroxyl groups excluding tert-OH is 1. The number of benzene rings is 2. The zero-order chi connectivity index (χ0) is 29.8. The molecule has 3 atom stereocenters. The predicted molar refractivity (Wildman–Crippen MR) is 164 cm³/mol. The second-order valence-electron chi connectivity index (χ2n) is 11.1. The van der Waals surface area contributed by atoms with Crippen LogP contribution in [0.5, 0.6) is 11.5 Å². The highest BCUT2D eigenvalue weighted by molar-refractivity contribution is 7.14. The van der Waals surface area contributed by atoms with Crippen LogP contribution in [0.15, 0.2) is 35.7 Å². The molecule has 10 heteroatoms. The van der Waals surface area contributed by atoms with Crippen molar-refractivity contribution in [2.45, 2.75) is 58.4 Å². The molecule has 1 fully saturated rings. The summed E-state index contributed by atoms with van der Waals surface area (Å²) < 4.78 is 17.8. The van der Waals surface area contributed by atoms with Gasteiger partial charge in [0.2, 0.25) is 0 Å². The molecule has 1 saturated heterocycles. The van der Waals surface area contributed by atoms with E-state index < -0.39 is 11.9 Å². The molecule has 0 unspecified atom stereocenters. The Morgan fingerprint density at radius 1 is 1.24 bits per heavy atom. The van der Waals surface area contributed by atoms with E-state index in [9.17, 15) is 15.0 Å². The standard InChI is InChI=1S/C32H41N3O6S/c1-5-23(17-36)34-11-9-22-13-21(14-28(39-3)26(22)15-34)18-41-30-20(2)7-6-8-24(30)27-19-42-32(33-27)35-12-10-25(31(37)38)29(16-35)40-4/h6-8,13-14,19,23,25,29,36H,5,9-12,15-18H2,1-4H3,(H,37,38)/t23-,25-,29+/m1/s1. The molecule has 2 N–H and O–H groups in total. The third-order valence-corrected chi connectivity index (χ3v) is 9.52. The minimum absolute atomic E-state index is 0.162. The fourth-order valence-electron chi connectivity index (χ4n) is 6.14. The number of aliphatic hydroxyl groups is 1. The summed E-state index contributed by atoms with van der Waals surface area (Å²) in [6.45, 7) is 7.51. The number of carboxylic acid groups (broad SMARTS) is 1. The summed E-state index contributed by atoms with van der Waals surface area (Å²) >= 11 is 1.55. The van der Waals surface area contributed by atoms with Crippen LogP contribution in [0.3, 0.4) is 0 Å². The highest BCUT2D eigenvalue weighted by Crippen LogP contribution is 2.38. The number of methoxy groups -OCH3 is 2. The van der Waals surface area contributed by atoms with Crippen LogP contribution in [0.4, 0.5) is 5.13 Å². The number of aryl methyl sites for hydroxylation is 1. The topological polar surface area (TPSA) is 105 Å². The van der Waals surface area contributed by atoms with Crippen LogP contribution in [0.25, 0.3) is 11.3 Å². The minimum Gasteiger partial charge on any atom is -0.496 e. The zero-order valence-corrected chi connectivity index (χ0v) is 25.7. The number of para-hydroxylation sites is 1. The molecule has 3 heterocycles. The molecule has 2 aliphatic heterocycles. The van der Waals surface area contributed by atoms with Crippen molar-refractivity contribution in [3.63, 3.8) is 0 Å². The van der Waals surface area contributed by atoms with Gasteiger partial charge in [-0.3, -0.25) is 9.69 Å². The lowest BCUT2D eigenvalue weighted by Gasteiger charge is -2.35. The van der Waals surface area contributed by atoms with Crippen LogP contribution in [0.2, 0.25) is 0 Å². The van der Waals surface area contributed by atoms with Gasteiger partial charge in [0.15, 0.2) is 5.13 Å². The van der Waals surface area contributed by atoms with E-state index in [1.165, 1.54) is 11.1 Å². The molecule has 0 aliphatic carbocycles. The highest BCUT2D eigenvalue weighted by atomic mass is 32.1. The fraction of sp³-hybridized carbons (Fsp3) is 0.500. The molecular formula is C32H41N3O6S. The number of hydrogen-bond donors (Lipinski definition) is 2. The number of ether oxygens (including phenoxy) is 3. The van der Waals surface area contributed by atoms with Gasteiger partial charge >= 0.3 is 5.97 Å². The SMILES string of the molecule is CC[C@H](CO)N1CCc2cc(COc3c(C)cccc3-c3csc(N4CC[C@@H](C(=O)O)[C@@H](OC)C4)n3)cc(OC)c2C1. The fourth-order valence-corrected chi connectivity index (χ4v) is 7.00. The molecule has 1 aromatic heterocycles. The molecule has 3 aromatic rings. The second kappa shape index (κ2) is 13.4. The number of anilines is 1. The molecule has 0 bridgehead atoms. The number of carbonyl (C=O) groups is 1. The highest BCUT2D eigenvalue weighted by Gasteiger charge is 2.35. The number of aliphatic carboxylic acids is 1. The summed E-state index contributed by atoms with van der Waals surface area (Å²) in [6, 6.07) is 10.5. The summed E-state index contributed by atoms with van der Waals surface area (Å²) in [5, 5.41) is 22.2. The van der Waals surface area contributed by atoms with Gasteiger partial charge in [-0.05, 0) is 55.0 Å². The molecule has 42 heavy (non-hydrogen) atoms. The Labute approximate surface area is 251 Å². The van der Waals surface area contributed by atoms with E-state index in [0.717, 1.165) is 64.9 Å². The normalized spacial score (nSPS) is 19.8. The average molecular weight is 596 g/mol. The molecule has 2 aliphatic rings. The molecule has 5 rings (SSSR count). The maximum atomic E-state index is 11.6. The van der Waals surface area contributed by atoms with Crippen LogP contribution in [-0.2, 0) is 29.1 Å². The van der Waals surface area contributed by atoms with E-state index in [2.05, 4.69) is 28.9 Å². The first kappa shape index (κ1) is 30.3. The van der Waals surface area contributed by atoms with Gasteiger partial charge in [0, 0.05) is 55.8 Å². The van der Waals surface area contributed by atoms with Crippen molar-refractivity contribution < 1.29 is 29.2 Å². The Morgan fingerprint density at radius 2 is 2.07 bits per heavy atom. The van der Waals surface area contributed by atoms with Gasteiger partial charge < -0.3 is 29.3 Å². The minimum atomic E-state index is -0.812. The van der Waals surface area contributed by atoms with E-state index in [1.54, 1.807) is 25.6 Å². The quantitative estimate of drug-likeness (QED) is 0.325. The number of hydrogen-bond acceptors (Lipinski definition) is 9. The number of thiazole rings is 1. The first-order chi connectivity index (χ1) is 20.4. The van der Waals surface area contributed by atoms with Crippen LogP contribution in [-0.4, -0.2) is 78.7 Å². The first-order valence-electron chi connectivity index (χ1n) is 14.6. The lowest BCUT2D eigenvalue weighted by molar-refractivity contribution is -0.147. The molecule has 2 aromatic carbocycles. The Balaban J connectivity index is 1.33. The van der Waals surface area contributed by atoms with Gasteiger partial charge in [-0.15, -0.1) is 11.3 Å². The lowest BCUT2D eigenvalue weighted by atomic mass is 9.94. The van der Waals surface area contributed by atoms with Crippen molar-refractivity contribution >= 4 is 22.4 Å². The van der Waals surface area contributed by atoms with E-state index >= 15 is 0 Å². The van der Waals surface area contributed by atoms with E-state index in [4.69, 9.17) is 19.2 Å². The predicted octanol–water partition coefficient (Wildman–Crippen LogP) is 4.76. The van der Waals surface area contributed by atoms with Crippen molar-refractivity contribution in [2.24, 2.45) is 5.92 Å². The molecule has 226 valence electrons. The van der Waals surface area contributed by atoms with Crippen LogP contribution in [0, 0.1) is 12.8 Å². The number of carboxylic acids is 1. The molecule has 9 nitrogen and oxygen atoms in total. The third kappa shape index (κ3) is 6.27. The smallest absolute Gasteiger partial charge is 0.309 e. The molecule has 0 saturated carbocycles. The lowest BCUT2D eigenvalue weighted by Crippen LogP contribution is -2.47. The van der Waals surface area contributed by atoms with E-state index in [0.29, 0.717) is 26.1 Å². The van der Waals surface area contributed by atoms with Crippen molar-refractivity contribution in [1.29, 1.82) is 0 Å². The number of nitrogens with zero attached hydrogens (tertiary/aromatic N) is 3. The van der Waals surface area contributed by atoms with Crippen LogP contribution < -0.4 is 14.4 Å². The maximum absolute atomic E-state index is 11.6. The molecule has 0 spiro atoms. The van der Waals surface area contributed by atoms with Crippen molar-refractivity contribution in [2.75, 3.05) is 45.4 Å². The Kier molecular flexibility index (Phi) is 9.67. The first-order valence-corrected chi connectivity index (χ1v) is 15.5. The van der Waals surface area contributed by atoms with Gasteiger partial charge in [-0.2, -0.15) is 0 Å².